The highest BCUT2D eigenvalue weighted by Crippen LogP contribution is 2.14. The molecule has 6 heteroatoms. The summed E-state index contributed by atoms with van der Waals surface area (Å²) in [5.74, 6) is 4.02. The van der Waals surface area contributed by atoms with E-state index in [9.17, 15) is 4.79 Å². The lowest BCUT2D eigenvalue weighted by atomic mass is 10.3. The van der Waals surface area contributed by atoms with E-state index in [-0.39, 0.29) is 5.69 Å². The molecular weight excluding hydrogens is 218 g/mol. The van der Waals surface area contributed by atoms with Gasteiger partial charge in [-0.15, -0.1) is 5.10 Å². The molecule has 1 rings (SSSR count). The predicted molar refractivity (Wildman–Crippen MR) is 62.1 cm³/mol. The van der Waals surface area contributed by atoms with Crippen LogP contribution in [-0.4, -0.2) is 32.4 Å². The molecular formula is C8H15N3OS2. The Labute approximate surface area is 91.6 Å². The third-order valence-corrected chi connectivity index (χ3v) is 3.93. The molecule has 14 heavy (non-hydrogen) atoms. The maximum Gasteiger partial charge on any atom is 0.341 e. The molecule has 0 bridgehead atoms. The molecule has 0 unspecified atom stereocenters. The predicted octanol–water partition coefficient (Wildman–Crippen LogP) is 1.58. The third kappa shape index (κ3) is 4.76. The molecule has 1 aromatic rings. The van der Waals surface area contributed by atoms with Crippen LogP contribution in [-0.2, 0) is 0 Å². The monoisotopic (exact) mass is 233 g/mol. The standard InChI is InChI=1S/C8H15N3OS2/c1-6(2)5-13-3-4-14-8-9-7(12)10-11-8/h6H,3-5H2,1-2H3,(H2,9,10,11,12). The highest BCUT2D eigenvalue weighted by molar-refractivity contribution is 8.02. The molecule has 0 atom stereocenters. The Morgan fingerprint density at radius 1 is 1.43 bits per heavy atom. The van der Waals surface area contributed by atoms with E-state index in [1.807, 2.05) is 11.8 Å². The minimum absolute atomic E-state index is 0.234. The van der Waals surface area contributed by atoms with Crippen molar-refractivity contribution < 1.29 is 0 Å². The largest absolute Gasteiger partial charge is 0.341 e. The summed E-state index contributed by atoms with van der Waals surface area (Å²) in [5.41, 5.74) is -0.234. The van der Waals surface area contributed by atoms with E-state index in [2.05, 4.69) is 29.0 Å². The Hall–Kier alpha value is -0.360. The van der Waals surface area contributed by atoms with Gasteiger partial charge >= 0.3 is 5.69 Å². The summed E-state index contributed by atoms with van der Waals surface area (Å²) in [7, 11) is 0. The summed E-state index contributed by atoms with van der Waals surface area (Å²) in [6, 6.07) is 0. The van der Waals surface area contributed by atoms with Gasteiger partial charge in [-0.2, -0.15) is 11.8 Å². The van der Waals surface area contributed by atoms with Gasteiger partial charge in [0.05, 0.1) is 0 Å². The average Bonchev–Trinajstić information content (AvgIpc) is 2.50. The van der Waals surface area contributed by atoms with Crippen LogP contribution in [0.4, 0.5) is 0 Å². The summed E-state index contributed by atoms with van der Waals surface area (Å²) in [6.45, 7) is 4.43. The SMILES string of the molecule is CC(C)CSCCSc1n[nH]c(=O)[nH]1. The second-order valence-corrected chi connectivity index (χ2v) is 5.53. The molecule has 2 N–H and O–H groups in total. The summed E-state index contributed by atoms with van der Waals surface area (Å²) in [4.78, 5) is 13.3. The second kappa shape index (κ2) is 6.19. The Bertz CT molecular complexity index is 308. The first-order valence-electron chi connectivity index (χ1n) is 4.53. The molecule has 0 aromatic carbocycles. The average molecular weight is 233 g/mol. The van der Waals surface area contributed by atoms with Gasteiger partial charge in [-0.3, -0.25) is 4.98 Å². The second-order valence-electron chi connectivity index (χ2n) is 3.30. The molecule has 1 aromatic heterocycles. The Balaban J connectivity index is 2.07. The van der Waals surface area contributed by atoms with Crippen molar-refractivity contribution >= 4 is 23.5 Å². The molecule has 4 nitrogen and oxygen atoms in total. The van der Waals surface area contributed by atoms with Crippen molar-refractivity contribution in [2.75, 3.05) is 17.3 Å². The van der Waals surface area contributed by atoms with Crippen LogP contribution in [0.2, 0.25) is 0 Å². The van der Waals surface area contributed by atoms with Gasteiger partial charge in [0.25, 0.3) is 0 Å². The quantitative estimate of drug-likeness (QED) is 0.578. The van der Waals surface area contributed by atoms with Crippen LogP contribution in [0, 0.1) is 5.92 Å². The van der Waals surface area contributed by atoms with Crippen LogP contribution in [0.25, 0.3) is 0 Å². The van der Waals surface area contributed by atoms with Gasteiger partial charge in [-0.25, -0.2) is 9.89 Å². The number of nitrogens with zero attached hydrogens (tertiary/aromatic N) is 1. The van der Waals surface area contributed by atoms with Crippen molar-refractivity contribution in [1.82, 2.24) is 15.2 Å². The van der Waals surface area contributed by atoms with Crippen LogP contribution >= 0.6 is 23.5 Å². The van der Waals surface area contributed by atoms with Gasteiger partial charge in [0, 0.05) is 11.5 Å². The number of aromatic amines is 2. The number of rotatable bonds is 6. The van der Waals surface area contributed by atoms with E-state index in [0.29, 0.717) is 5.16 Å². The number of hydrogen-bond acceptors (Lipinski definition) is 4. The summed E-state index contributed by atoms with van der Waals surface area (Å²) in [6.07, 6.45) is 0. The van der Waals surface area contributed by atoms with Crippen molar-refractivity contribution in [3.8, 4) is 0 Å². The van der Waals surface area contributed by atoms with Gasteiger partial charge in [0.1, 0.15) is 0 Å². The lowest BCUT2D eigenvalue weighted by Gasteiger charge is -2.02. The lowest BCUT2D eigenvalue weighted by molar-refractivity contribution is 0.750. The maximum absolute atomic E-state index is 10.7. The Morgan fingerprint density at radius 3 is 2.79 bits per heavy atom. The Morgan fingerprint density at radius 2 is 2.21 bits per heavy atom. The summed E-state index contributed by atoms with van der Waals surface area (Å²) < 4.78 is 0. The van der Waals surface area contributed by atoms with E-state index in [1.54, 1.807) is 11.8 Å². The van der Waals surface area contributed by atoms with Crippen molar-refractivity contribution in [2.45, 2.75) is 19.0 Å². The van der Waals surface area contributed by atoms with Gasteiger partial charge in [-0.1, -0.05) is 25.6 Å². The molecule has 0 spiro atoms. The van der Waals surface area contributed by atoms with Crippen LogP contribution in [0.1, 0.15) is 13.8 Å². The minimum atomic E-state index is -0.234. The van der Waals surface area contributed by atoms with E-state index >= 15 is 0 Å². The Kier molecular flexibility index (Phi) is 5.17. The van der Waals surface area contributed by atoms with Crippen LogP contribution in [0.5, 0.6) is 0 Å². The molecule has 0 radical (unpaired) electrons. The molecule has 1 heterocycles. The fourth-order valence-electron chi connectivity index (χ4n) is 0.839. The molecule has 0 saturated carbocycles. The molecule has 0 aliphatic rings. The van der Waals surface area contributed by atoms with Crippen molar-refractivity contribution in [3.63, 3.8) is 0 Å². The zero-order chi connectivity index (χ0) is 10.4. The molecule has 0 saturated heterocycles. The number of H-pyrrole nitrogens is 2. The maximum atomic E-state index is 10.7. The molecule has 0 amide bonds. The number of nitrogens with one attached hydrogen (secondary N) is 2. The first-order chi connectivity index (χ1) is 6.68. The fraction of sp³-hybridized carbons (Fsp3) is 0.750. The molecule has 80 valence electrons. The third-order valence-electron chi connectivity index (χ3n) is 1.40. The highest BCUT2D eigenvalue weighted by Gasteiger charge is 1.99. The molecule has 0 aliphatic heterocycles. The van der Waals surface area contributed by atoms with Gasteiger partial charge < -0.3 is 0 Å². The summed E-state index contributed by atoms with van der Waals surface area (Å²) in [5, 5.41) is 6.83. The highest BCUT2D eigenvalue weighted by atomic mass is 32.2. The zero-order valence-electron chi connectivity index (χ0n) is 8.37. The van der Waals surface area contributed by atoms with Crippen molar-refractivity contribution in [1.29, 1.82) is 0 Å². The molecule has 0 aliphatic carbocycles. The zero-order valence-corrected chi connectivity index (χ0v) is 10.0. The minimum Gasteiger partial charge on any atom is -0.284 e. The number of hydrogen-bond donors (Lipinski definition) is 2. The van der Waals surface area contributed by atoms with Crippen LogP contribution in [0.15, 0.2) is 9.95 Å². The topological polar surface area (TPSA) is 61.5 Å². The van der Waals surface area contributed by atoms with Crippen LogP contribution < -0.4 is 5.69 Å². The first-order valence-corrected chi connectivity index (χ1v) is 6.67. The van der Waals surface area contributed by atoms with Crippen molar-refractivity contribution in [3.05, 3.63) is 10.5 Å². The summed E-state index contributed by atoms with van der Waals surface area (Å²) >= 11 is 3.51. The van der Waals surface area contributed by atoms with E-state index in [0.717, 1.165) is 17.4 Å². The number of thioether (sulfide) groups is 2. The first kappa shape index (κ1) is 11.7. The number of aromatic nitrogens is 3. The van der Waals surface area contributed by atoms with Crippen molar-refractivity contribution in [2.24, 2.45) is 5.92 Å². The van der Waals surface area contributed by atoms with Gasteiger partial charge in [-0.05, 0) is 11.7 Å². The lowest BCUT2D eigenvalue weighted by Crippen LogP contribution is -2.00. The van der Waals surface area contributed by atoms with E-state index < -0.39 is 0 Å². The normalized spacial score (nSPS) is 11.1. The van der Waals surface area contributed by atoms with Gasteiger partial charge in [0.15, 0.2) is 5.16 Å². The van der Waals surface area contributed by atoms with E-state index in [1.165, 1.54) is 5.75 Å². The van der Waals surface area contributed by atoms with Crippen LogP contribution in [0.3, 0.4) is 0 Å². The van der Waals surface area contributed by atoms with Gasteiger partial charge in [0.2, 0.25) is 0 Å². The smallest absolute Gasteiger partial charge is 0.284 e. The van der Waals surface area contributed by atoms with E-state index in [4.69, 9.17) is 0 Å². The molecule has 0 fully saturated rings. The fourth-order valence-corrected chi connectivity index (χ4v) is 2.75.